The fourth-order valence-corrected chi connectivity index (χ4v) is 6.83. The highest BCUT2D eigenvalue weighted by atomic mass is 32.2. The maximum absolute atomic E-state index is 13.3. The zero-order valence-corrected chi connectivity index (χ0v) is 25.0. The molecule has 3 aromatic rings. The Morgan fingerprint density at radius 3 is 2.62 bits per heavy atom. The first-order valence-corrected chi connectivity index (χ1v) is 15.5. The molecule has 4 rings (SSSR count). The van der Waals surface area contributed by atoms with E-state index in [1.54, 1.807) is 6.92 Å². The van der Waals surface area contributed by atoms with E-state index in [0.29, 0.717) is 22.7 Å². The minimum absolute atomic E-state index is 0.00900. The summed E-state index contributed by atoms with van der Waals surface area (Å²) in [6, 6.07) is 17.9. The van der Waals surface area contributed by atoms with Crippen molar-refractivity contribution in [3.63, 3.8) is 0 Å². The number of hydrogen-bond acceptors (Lipinski definition) is 7. The highest BCUT2D eigenvalue weighted by Gasteiger charge is 2.30. The van der Waals surface area contributed by atoms with Crippen LogP contribution in [0.25, 0.3) is 0 Å². The molecule has 0 radical (unpaired) electrons. The molecule has 0 fully saturated rings. The van der Waals surface area contributed by atoms with E-state index in [4.69, 9.17) is 4.74 Å². The lowest BCUT2D eigenvalue weighted by Crippen LogP contribution is -2.30. The summed E-state index contributed by atoms with van der Waals surface area (Å²) in [5.41, 5.74) is 3.44. The summed E-state index contributed by atoms with van der Waals surface area (Å²) in [5, 5.41) is 6.10. The van der Waals surface area contributed by atoms with Crippen LogP contribution in [0.2, 0.25) is 0 Å². The number of fused-ring (bicyclic) bond motifs is 1. The van der Waals surface area contributed by atoms with Crippen molar-refractivity contribution < 1.29 is 19.1 Å². The Kier molecular flexibility index (Phi) is 10.8. The van der Waals surface area contributed by atoms with Gasteiger partial charge in [0.15, 0.2) is 0 Å². The number of nitrogens with one attached hydrogen (secondary N) is 2. The summed E-state index contributed by atoms with van der Waals surface area (Å²) in [6.07, 6.45) is 3.03. The predicted molar refractivity (Wildman–Crippen MR) is 163 cm³/mol. The number of carbonyl (C=O) groups excluding carboxylic acids is 3. The summed E-state index contributed by atoms with van der Waals surface area (Å²) in [4.78, 5) is 42.7. The van der Waals surface area contributed by atoms with Gasteiger partial charge in [0.25, 0.3) is 0 Å². The third-order valence-corrected chi connectivity index (χ3v) is 8.88. The number of thioether (sulfide) groups is 1. The molecule has 40 heavy (non-hydrogen) atoms. The van der Waals surface area contributed by atoms with E-state index in [1.807, 2.05) is 49.4 Å². The zero-order chi connectivity index (χ0) is 28.5. The van der Waals surface area contributed by atoms with Gasteiger partial charge in [-0.15, -0.1) is 23.1 Å². The van der Waals surface area contributed by atoms with Gasteiger partial charge >= 0.3 is 5.97 Å². The summed E-state index contributed by atoms with van der Waals surface area (Å²) >= 11 is 2.87. The van der Waals surface area contributed by atoms with Crippen molar-refractivity contribution in [1.82, 2.24) is 4.90 Å². The number of benzene rings is 2. The van der Waals surface area contributed by atoms with Crippen LogP contribution >= 0.6 is 23.1 Å². The number of esters is 1. The van der Waals surface area contributed by atoms with E-state index in [-0.39, 0.29) is 18.4 Å². The van der Waals surface area contributed by atoms with Gasteiger partial charge in [0, 0.05) is 41.5 Å². The van der Waals surface area contributed by atoms with Crippen LogP contribution in [-0.4, -0.2) is 41.1 Å². The summed E-state index contributed by atoms with van der Waals surface area (Å²) in [6.45, 7) is 8.34. The molecule has 1 atom stereocenters. The third kappa shape index (κ3) is 7.96. The molecule has 1 aliphatic heterocycles. The average molecular weight is 580 g/mol. The van der Waals surface area contributed by atoms with Crippen molar-refractivity contribution in [3.8, 4) is 0 Å². The highest BCUT2D eigenvalue weighted by Crippen LogP contribution is 2.38. The van der Waals surface area contributed by atoms with Gasteiger partial charge in [-0.3, -0.25) is 14.5 Å². The van der Waals surface area contributed by atoms with Gasteiger partial charge < -0.3 is 15.4 Å². The number of amides is 2. The van der Waals surface area contributed by atoms with E-state index in [9.17, 15) is 14.4 Å². The van der Waals surface area contributed by atoms with Crippen molar-refractivity contribution in [2.75, 3.05) is 23.8 Å². The molecule has 7 nitrogen and oxygen atoms in total. The summed E-state index contributed by atoms with van der Waals surface area (Å²) in [7, 11) is 0. The van der Waals surface area contributed by atoms with E-state index in [0.717, 1.165) is 54.2 Å². The van der Waals surface area contributed by atoms with Gasteiger partial charge in [-0.1, -0.05) is 49.7 Å². The number of hydrogen-bond donors (Lipinski definition) is 2. The lowest BCUT2D eigenvalue weighted by Gasteiger charge is -2.27. The number of ether oxygens (including phenoxy) is 1. The summed E-state index contributed by atoms with van der Waals surface area (Å²) < 4.78 is 5.39. The van der Waals surface area contributed by atoms with Crippen LogP contribution in [0.3, 0.4) is 0 Å². The Morgan fingerprint density at radius 1 is 1.07 bits per heavy atom. The number of thiophene rings is 1. The van der Waals surface area contributed by atoms with E-state index < -0.39 is 11.2 Å². The molecule has 1 aliphatic rings. The van der Waals surface area contributed by atoms with Crippen LogP contribution in [0, 0.1) is 0 Å². The Morgan fingerprint density at radius 2 is 1.88 bits per heavy atom. The largest absolute Gasteiger partial charge is 0.462 e. The van der Waals surface area contributed by atoms with Gasteiger partial charge in [0.2, 0.25) is 11.8 Å². The Labute approximate surface area is 244 Å². The van der Waals surface area contributed by atoms with Crippen LogP contribution in [0.15, 0.2) is 59.5 Å². The minimum Gasteiger partial charge on any atom is -0.462 e. The van der Waals surface area contributed by atoms with Gasteiger partial charge in [0.05, 0.1) is 17.4 Å². The molecule has 2 amide bonds. The second-order valence-electron chi connectivity index (χ2n) is 9.80. The molecule has 212 valence electrons. The smallest absolute Gasteiger partial charge is 0.341 e. The van der Waals surface area contributed by atoms with Crippen molar-refractivity contribution in [1.29, 1.82) is 0 Å². The minimum atomic E-state index is -0.421. The zero-order valence-electron chi connectivity index (χ0n) is 23.3. The second kappa shape index (κ2) is 14.5. The Balaban J connectivity index is 1.45. The normalized spacial score (nSPS) is 13.8. The maximum Gasteiger partial charge on any atom is 0.341 e. The monoisotopic (exact) mass is 579 g/mol. The topological polar surface area (TPSA) is 87.7 Å². The molecule has 0 saturated carbocycles. The average Bonchev–Trinajstić information content (AvgIpc) is 3.29. The van der Waals surface area contributed by atoms with E-state index in [2.05, 4.69) is 34.6 Å². The molecular weight excluding hydrogens is 542 g/mol. The van der Waals surface area contributed by atoms with Crippen LogP contribution in [0.5, 0.6) is 0 Å². The number of rotatable bonds is 12. The maximum atomic E-state index is 13.3. The molecule has 0 aliphatic carbocycles. The van der Waals surface area contributed by atoms with Crippen molar-refractivity contribution in [3.05, 3.63) is 76.2 Å². The first-order chi connectivity index (χ1) is 19.4. The fourth-order valence-electron chi connectivity index (χ4n) is 4.62. The van der Waals surface area contributed by atoms with Gasteiger partial charge in [-0.2, -0.15) is 0 Å². The van der Waals surface area contributed by atoms with E-state index in [1.165, 1.54) is 28.7 Å². The van der Waals surface area contributed by atoms with Crippen LogP contribution in [-0.2, 0) is 33.8 Å². The number of anilines is 2. The number of carbonyl (C=O) groups is 3. The Bertz CT molecular complexity index is 1330. The molecule has 9 heteroatoms. The lowest BCUT2D eigenvalue weighted by molar-refractivity contribution is -0.116. The molecule has 2 N–H and O–H groups in total. The molecular formula is C31H37N3O4S2. The molecule has 2 heterocycles. The molecule has 1 unspecified atom stereocenters. The van der Waals surface area contributed by atoms with Gasteiger partial charge in [-0.25, -0.2) is 4.79 Å². The quantitative estimate of drug-likeness (QED) is 0.183. The SMILES string of the molecule is CCCCC(=O)Nc1cccc(SC(C)C(=O)Nc2sc3c(c2C(=O)OCC)CCN(Cc2ccccc2)C3)c1. The molecule has 0 bridgehead atoms. The van der Waals surface area contributed by atoms with Crippen molar-refractivity contribution >= 4 is 51.6 Å². The predicted octanol–water partition coefficient (Wildman–Crippen LogP) is 6.73. The number of unbranched alkanes of at least 4 members (excludes halogenated alkanes) is 1. The van der Waals surface area contributed by atoms with Crippen LogP contribution in [0.4, 0.5) is 10.7 Å². The first-order valence-electron chi connectivity index (χ1n) is 13.8. The number of nitrogens with zero attached hydrogens (tertiary/aromatic N) is 1. The fraction of sp³-hybridized carbons (Fsp3) is 0.387. The lowest BCUT2D eigenvalue weighted by atomic mass is 10.0. The van der Waals surface area contributed by atoms with Crippen molar-refractivity contribution in [2.45, 2.75) is 69.7 Å². The summed E-state index contributed by atoms with van der Waals surface area (Å²) in [5.74, 6) is -0.586. The van der Waals surface area contributed by atoms with E-state index >= 15 is 0 Å². The molecule has 0 saturated heterocycles. The molecule has 2 aromatic carbocycles. The molecule has 1 aromatic heterocycles. The highest BCUT2D eigenvalue weighted by molar-refractivity contribution is 8.00. The van der Waals surface area contributed by atoms with Gasteiger partial charge in [0.1, 0.15) is 5.00 Å². The molecule has 0 spiro atoms. The first kappa shape index (κ1) is 29.8. The third-order valence-electron chi connectivity index (χ3n) is 6.66. The van der Waals surface area contributed by atoms with Crippen LogP contribution < -0.4 is 10.6 Å². The van der Waals surface area contributed by atoms with Gasteiger partial charge in [-0.05, 0) is 56.0 Å². The standard InChI is InChI=1S/C31H37N3O4S2/c1-4-6-15-27(35)32-23-13-10-14-24(18-23)39-21(3)29(36)33-30-28(31(37)38-5-2)25-16-17-34(20-26(25)40-30)19-22-11-8-7-9-12-22/h7-14,18,21H,4-6,15-17,19-20H2,1-3H3,(H,32,35)(H,33,36). The second-order valence-corrected chi connectivity index (χ2v) is 12.3. The Hall–Kier alpha value is -3.14. The van der Waals surface area contributed by atoms with Crippen LogP contribution in [0.1, 0.15) is 66.4 Å². The van der Waals surface area contributed by atoms with Crippen molar-refractivity contribution in [2.24, 2.45) is 0 Å².